The number of carbonyl (C=O) groups is 3. The van der Waals surface area contributed by atoms with Crippen LogP contribution >= 0.6 is 0 Å². The van der Waals surface area contributed by atoms with Crippen LogP contribution in [0.5, 0.6) is 0 Å². The number of hydrogen-bond acceptors (Lipinski definition) is 6. The zero-order valence-corrected chi connectivity index (χ0v) is 24.5. The summed E-state index contributed by atoms with van der Waals surface area (Å²) >= 11 is 0. The number of carboxylic acid groups (broad SMARTS) is 1. The molecule has 0 aromatic heterocycles. The van der Waals surface area contributed by atoms with Crippen molar-refractivity contribution in [2.75, 3.05) is 6.61 Å². The van der Waals surface area contributed by atoms with Gasteiger partial charge in [-0.2, -0.15) is 0 Å². The van der Waals surface area contributed by atoms with E-state index in [0.29, 0.717) is 24.2 Å². The summed E-state index contributed by atoms with van der Waals surface area (Å²) in [6.07, 6.45) is 15.5. The van der Waals surface area contributed by atoms with Crippen molar-refractivity contribution in [2.45, 2.75) is 104 Å². The van der Waals surface area contributed by atoms with Crippen molar-refractivity contribution in [1.29, 1.82) is 0 Å². The van der Waals surface area contributed by atoms with Crippen LogP contribution in [-0.2, 0) is 19.2 Å². The maximum atomic E-state index is 12.5. The molecule has 4 rings (SSSR count). The Morgan fingerprint density at radius 3 is 2.45 bits per heavy atom. The smallest absolute Gasteiger partial charge is 0.325 e. The molecule has 3 saturated carbocycles. The second-order valence-corrected chi connectivity index (χ2v) is 13.2. The van der Waals surface area contributed by atoms with E-state index in [0.717, 1.165) is 50.7 Å². The lowest BCUT2D eigenvalue weighted by molar-refractivity contribution is -0.142. The number of carboxylic acids is 1. The predicted molar refractivity (Wildman–Crippen MR) is 151 cm³/mol. The lowest BCUT2D eigenvalue weighted by atomic mass is 9.46. The molecule has 2 amide bonds. The van der Waals surface area contributed by atoms with E-state index in [2.05, 4.69) is 41.6 Å². The predicted octanol–water partition coefficient (Wildman–Crippen LogP) is 3.42. The number of amides is 2. The Kier molecular flexibility index (Phi) is 8.43. The van der Waals surface area contributed by atoms with Gasteiger partial charge in [0.25, 0.3) is 5.91 Å². The summed E-state index contributed by atoms with van der Waals surface area (Å²) in [6, 6.07) is -1.94. The third kappa shape index (κ3) is 5.27. The highest BCUT2D eigenvalue weighted by Crippen LogP contribution is 2.67. The van der Waals surface area contributed by atoms with Gasteiger partial charge >= 0.3 is 5.97 Å². The minimum atomic E-state index is -1.15. The second-order valence-electron chi connectivity index (χ2n) is 13.2. The molecule has 0 aromatic carbocycles. The molecule has 9 nitrogen and oxygen atoms in total. The Balaban J connectivity index is 1.36. The van der Waals surface area contributed by atoms with Crippen LogP contribution in [0.4, 0.5) is 0 Å². The Hall–Kier alpha value is -2.86. The summed E-state index contributed by atoms with van der Waals surface area (Å²) in [5, 5.41) is 29.5. The summed E-state index contributed by atoms with van der Waals surface area (Å²) in [5.41, 5.74) is 1.09. The summed E-state index contributed by atoms with van der Waals surface area (Å²) in [6.45, 7) is 9.16. The van der Waals surface area contributed by atoms with E-state index in [-0.39, 0.29) is 23.4 Å². The number of aliphatic carboxylic acids is 1. The summed E-state index contributed by atoms with van der Waals surface area (Å²) in [5.74, 6) is 1.88. The van der Waals surface area contributed by atoms with Crippen LogP contribution in [0, 0.1) is 46.8 Å². The molecule has 4 aliphatic rings. The first-order valence-electron chi connectivity index (χ1n) is 14.7. The number of rotatable bonds is 8. The molecule has 0 bridgehead atoms. The minimum absolute atomic E-state index is 0.0857. The van der Waals surface area contributed by atoms with Crippen LogP contribution < -0.4 is 10.6 Å². The Morgan fingerprint density at radius 1 is 1.10 bits per heavy atom. The molecule has 40 heavy (non-hydrogen) atoms. The van der Waals surface area contributed by atoms with Crippen LogP contribution in [-0.4, -0.2) is 58.0 Å². The Morgan fingerprint density at radius 2 is 1.80 bits per heavy atom. The fourth-order valence-corrected chi connectivity index (χ4v) is 8.18. The van der Waals surface area contributed by atoms with Gasteiger partial charge in [-0.3, -0.25) is 14.4 Å². The van der Waals surface area contributed by atoms with Gasteiger partial charge in [-0.1, -0.05) is 44.3 Å². The number of fused-ring (bicyclic) bond motifs is 5. The number of nitrogens with one attached hydrogen (secondary N) is 2. The topological polar surface area (TPSA) is 137 Å². The van der Waals surface area contributed by atoms with Crippen LogP contribution in [0.1, 0.15) is 86.0 Å². The maximum absolute atomic E-state index is 12.5. The Bertz CT molecular complexity index is 1140. The highest BCUT2D eigenvalue weighted by Gasteiger charge is 2.63. The standard InChI is InChI=1S/C31H45N3O6/c1-7-31(39)15-12-24-22-9-8-20-16-21(10-13-29(20,5)23(22)11-14-30(24,31)6)34-40-17-25(35)33-26(18(2)3)27(36)32-19(4)28(37)38/h1,16,18-19,22-24,26,39H,8-15,17H2,2-6H3,(H,32,36)(H,33,35)(H,37,38)/b34-21-/t19-,22-,23+,24+,26+,29+,30+,31-/m1/s1. The van der Waals surface area contributed by atoms with Crippen LogP contribution in [0.15, 0.2) is 16.8 Å². The number of allylic oxidation sites excluding steroid dienone is 2. The third-order valence-electron chi connectivity index (χ3n) is 10.7. The zero-order valence-electron chi connectivity index (χ0n) is 24.5. The third-order valence-corrected chi connectivity index (χ3v) is 10.7. The summed E-state index contributed by atoms with van der Waals surface area (Å²) in [4.78, 5) is 41.4. The molecule has 0 heterocycles. The lowest BCUT2D eigenvalue weighted by Crippen LogP contribution is -2.54. The number of nitrogens with zero attached hydrogens (tertiary/aromatic N) is 1. The van der Waals surface area contributed by atoms with Gasteiger partial charge in [-0.15, -0.1) is 6.42 Å². The van der Waals surface area contributed by atoms with E-state index in [1.807, 2.05) is 0 Å². The molecule has 8 atom stereocenters. The molecular weight excluding hydrogens is 510 g/mol. The number of aliphatic hydroxyl groups is 1. The molecule has 0 radical (unpaired) electrons. The fraction of sp³-hybridized carbons (Fsp3) is 0.742. The molecule has 220 valence electrons. The average Bonchev–Trinajstić information content (AvgIpc) is 3.18. The van der Waals surface area contributed by atoms with Crippen molar-refractivity contribution in [3.8, 4) is 12.3 Å². The highest BCUT2D eigenvalue weighted by atomic mass is 16.6. The molecule has 4 N–H and O–H groups in total. The summed E-state index contributed by atoms with van der Waals surface area (Å²) < 4.78 is 0. The number of carbonyl (C=O) groups excluding carboxylic acids is 2. The molecule has 0 aromatic rings. The van der Waals surface area contributed by atoms with E-state index in [1.54, 1.807) is 13.8 Å². The van der Waals surface area contributed by atoms with Crippen molar-refractivity contribution in [3.05, 3.63) is 11.6 Å². The highest BCUT2D eigenvalue weighted by molar-refractivity contribution is 5.96. The van der Waals surface area contributed by atoms with E-state index in [1.165, 1.54) is 12.5 Å². The number of oxime groups is 1. The first-order chi connectivity index (χ1) is 18.8. The van der Waals surface area contributed by atoms with Crippen molar-refractivity contribution < 1.29 is 29.4 Å². The largest absolute Gasteiger partial charge is 0.480 e. The normalized spacial score (nSPS) is 37.2. The molecule has 0 spiro atoms. The van der Waals surface area contributed by atoms with Gasteiger partial charge in [-0.25, -0.2) is 0 Å². The van der Waals surface area contributed by atoms with E-state index in [4.69, 9.17) is 16.4 Å². The Labute approximate surface area is 237 Å². The van der Waals surface area contributed by atoms with Crippen LogP contribution in [0.25, 0.3) is 0 Å². The molecule has 0 unspecified atom stereocenters. The fourth-order valence-electron chi connectivity index (χ4n) is 8.18. The second kappa shape index (κ2) is 11.2. The SMILES string of the molecule is C#C[C@@]1(O)CC[C@H]2[C@@H]3CCC4=C/C(=N\OCC(=O)N[C@H](C(=O)N[C@H](C)C(=O)O)C(C)C)CC[C@]4(C)[C@H]3CC[C@@]21C. The zero-order chi connectivity index (χ0) is 29.5. The van der Waals surface area contributed by atoms with Crippen molar-refractivity contribution in [3.63, 3.8) is 0 Å². The van der Waals surface area contributed by atoms with Gasteiger partial charge in [0, 0.05) is 5.41 Å². The van der Waals surface area contributed by atoms with Crippen LogP contribution in [0.2, 0.25) is 0 Å². The minimum Gasteiger partial charge on any atom is -0.480 e. The monoisotopic (exact) mass is 555 g/mol. The van der Waals surface area contributed by atoms with E-state index in [9.17, 15) is 19.5 Å². The molecule has 0 saturated heterocycles. The van der Waals surface area contributed by atoms with Gasteiger partial charge in [0.05, 0.1) is 5.71 Å². The number of hydrogen-bond donors (Lipinski definition) is 4. The van der Waals surface area contributed by atoms with Crippen molar-refractivity contribution in [2.24, 2.45) is 39.7 Å². The van der Waals surface area contributed by atoms with E-state index < -0.39 is 35.5 Å². The quantitative estimate of drug-likeness (QED) is 0.268. The van der Waals surface area contributed by atoms with Crippen LogP contribution in [0.3, 0.4) is 0 Å². The average molecular weight is 556 g/mol. The first-order valence-corrected chi connectivity index (χ1v) is 14.7. The number of terminal acetylenes is 1. The molecule has 4 aliphatic carbocycles. The lowest BCUT2D eigenvalue weighted by Gasteiger charge is -2.58. The van der Waals surface area contributed by atoms with Gasteiger partial charge in [0.15, 0.2) is 6.61 Å². The molecular formula is C31H45N3O6. The molecule has 3 fully saturated rings. The van der Waals surface area contributed by atoms with E-state index >= 15 is 0 Å². The summed E-state index contributed by atoms with van der Waals surface area (Å²) in [7, 11) is 0. The van der Waals surface area contributed by atoms with Crippen molar-refractivity contribution >= 4 is 23.5 Å². The molecule has 0 aliphatic heterocycles. The van der Waals surface area contributed by atoms with Gasteiger partial charge in [0.2, 0.25) is 5.91 Å². The first kappa shape index (κ1) is 30.1. The molecule has 9 heteroatoms. The van der Waals surface area contributed by atoms with Gasteiger partial charge in [0.1, 0.15) is 17.7 Å². The van der Waals surface area contributed by atoms with Gasteiger partial charge < -0.3 is 25.7 Å². The van der Waals surface area contributed by atoms with Crippen molar-refractivity contribution in [1.82, 2.24) is 10.6 Å². The maximum Gasteiger partial charge on any atom is 0.325 e. The van der Waals surface area contributed by atoms with Gasteiger partial charge in [-0.05, 0) is 93.5 Å².